The molecule has 220 valence electrons. The van der Waals surface area contributed by atoms with Gasteiger partial charge in [-0.05, 0) is 48.5 Å². The minimum atomic E-state index is 0.657. The highest BCUT2D eigenvalue weighted by molar-refractivity contribution is 7.26. The summed E-state index contributed by atoms with van der Waals surface area (Å²) in [4.78, 5) is 15.0. The van der Waals surface area contributed by atoms with E-state index in [1.54, 1.807) is 0 Å². The molecule has 0 radical (unpaired) electrons. The van der Waals surface area contributed by atoms with Crippen LogP contribution in [0.15, 0.2) is 152 Å². The Morgan fingerprint density at radius 3 is 2.09 bits per heavy atom. The van der Waals surface area contributed by atoms with Crippen LogP contribution in [0, 0.1) is 0 Å². The van der Waals surface area contributed by atoms with E-state index in [-0.39, 0.29) is 0 Å². The molecule has 0 saturated heterocycles. The molecule has 0 amide bonds. The van der Waals surface area contributed by atoms with E-state index in [0.717, 1.165) is 50.4 Å². The molecule has 0 aliphatic rings. The minimum absolute atomic E-state index is 0.657. The van der Waals surface area contributed by atoms with Gasteiger partial charge in [-0.25, -0.2) is 15.0 Å². The van der Waals surface area contributed by atoms with Crippen molar-refractivity contribution in [1.29, 1.82) is 0 Å². The summed E-state index contributed by atoms with van der Waals surface area (Å²) >= 11 is 1.85. The summed E-state index contributed by atoms with van der Waals surface area (Å²) in [6, 6.07) is 50.9. The molecule has 6 aromatic carbocycles. The van der Waals surface area contributed by atoms with Gasteiger partial charge in [-0.3, -0.25) is 9.13 Å². The second-order valence-corrected chi connectivity index (χ2v) is 12.8. The third-order valence-electron chi connectivity index (χ3n) is 9.04. The zero-order valence-electron chi connectivity index (χ0n) is 25.1. The predicted molar refractivity (Wildman–Crippen MR) is 195 cm³/mol. The third-order valence-corrected chi connectivity index (χ3v) is 10.2. The molecule has 0 aliphatic heterocycles. The predicted octanol–water partition coefficient (Wildman–Crippen LogP) is 10.6. The second-order valence-electron chi connectivity index (χ2n) is 11.7. The van der Waals surface area contributed by atoms with Gasteiger partial charge >= 0.3 is 0 Å². The summed E-state index contributed by atoms with van der Waals surface area (Å²) in [5.41, 5.74) is 8.27. The normalized spacial score (nSPS) is 11.8. The Hall–Kier alpha value is -6.11. The lowest BCUT2D eigenvalue weighted by molar-refractivity contribution is 0.992. The zero-order valence-corrected chi connectivity index (χ0v) is 25.9. The molecule has 0 atom stereocenters. The summed E-state index contributed by atoms with van der Waals surface area (Å²) in [7, 11) is 0. The molecule has 0 aliphatic carbocycles. The van der Waals surface area contributed by atoms with Gasteiger partial charge in [-0.1, -0.05) is 97.1 Å². The van der Waals surface area contributed by atoms with Gasteiger partial charge in [0.1, 0.15) is 5.82 Å². The van der Waals surface area contributed by atoms with E-state index in [4.69, 9.17) is 15.0 Å². The van der Waals surface area contributed by atoms with Crippen LogP contribution in [-0.4, -0.2) is 24.1 Å². The van der Waals surface area contributed by atoms with E-state index in [1.807, 2.05) is 35.7 Å². The fourth-order valence-corrected chi connectivity index (χ4v) is 8.17. The Bertz CT molecular complexity index is 2790. The van der Waals surface area contributed by atoms with Crippen molar-refractivity contribution in [3.63, 3.8) is 0 Å². The van der Waals surface area contributed by atoms with Gasteiger partial charge in [0.05, 0.1) is 27.8 Å². The second kappa shape index (κ2) is 10.2. The fourth-order valence-electron chi connectivity index (χ4n) is 6.92. The molecule has 10 aromatic rings. The average Bonchev–Trinajstić information content (AvgIpc) is 3.82. The largest absolute Gasteiger partial charge is 0.292 e. The average molecular weight is 620 g/mol. The Balaban J connectivity index is 1.10. The smallest absolute Gasteiger partial charge is 0.235 e. The monoisotopic (exact) mass is 619 g/mol. The lowest BCUT2D eigenvalue weighted by Gasteiger charge is -2.11. The van der Waals surface area contributed by atoms with Gasteiger partial charge in [-0.15, -0.1) is 11.3 Å². The van der Waals surface area contributed by atoms with Gasteiger partial charge in [0.15, 0.2) is 0 Å². The first kappa shape index (κ1) is 26.1. The van der Waals surface area contributed by atoms with Crippen molar-refractivity contribution >= 4 is 64.3 Å². The van der Waals surface area contributed by atoms with Crippen LogP contribution in [0.2, 0.25) is 0 Å². The van der Waals surface area contributed by atoms with Crippen LogP contribution >= 0.6 is 11.3 Å². The standard InChI is InChI=1S/C41H25N5S/c1-2-10-28(11-3-1)45-35-16-8-6-14-33(35)43-40(45)27-20-18-26(19-21-27)32-24-25-42-41(44-32)46-34-15-7-4-13-31(34)38-36(46)23-22-30-29-12-5-9-17-37(29)47-39(30)38/h1-25H. The van der Waals surface area contributed by atoms with Crippen molar-refractivity contribution in [3.8, 4) is 34.3 Å². The molecule has 0 N–H and O–H groups in total. The van der Waals surface area contributed by atoms with Crippen molar-refractivity contribution in [2.75, 3.05) is 0 Å². The molecule has 4 heterocycles. The third kappa shape index (κ3) is 3.98. The quantitative estimate of drug-likeness (QED) is 0.197. The van der Waals surface area contributed by atoms with E-state index >= 15 is 0 Å². The van der Waals surface area contributed by atoms with Crippen molar-refractivity contribution in [2.45, 2.75) is 0 Å². The number of hydrogen-bond acceptors (Lipinski definition) is 4. The highest BCUT2D eigenvalue weighted by Gasteiger charge is 2.19. The Kier molecular flexibility index (Phi) is 5.68. The number of aromatic nitrogens is 5. The van der Waals surface area contributed by atoms with Gasteiger partial charge in [0.2, 0.25) is 5.95 Å². The van der Waals surface area contributed by atoms with Crippen LogP contribution in [0.3, 0.4) is 0 Å². The number of benzene rings is 6. The van der Waals surface area contributed by atoms with E-state index in [1.165, 1.54) is 30.9 Å². The lowest BCUT2D eigenvalue weighted by atomic mass is 10.1. The topological polar surface area (TPSA) is 48.5 Å². The summed E-state index contributed by atoms with van der Waals surface area (Å²) in [5, 5.41) is 5.04. The molecule has 4 aromatic heterocycles. The maximum atomic E-state index is 5.15. The number of rotatable bonds is 4. The fraction of sp³-hybridized carbons (Fsp3) is 0. The Morgan fingerprint density at radius 1 is 0.489 bits per heavy atom. The molecule has 47 heavy (non-hydrogen) atoms. The van der Waals surface area contributed by atoms with Crippen molar-refractivity contribution in [2.24, 2.45) is 0 Å². The molecule has 0 saturated carbocycles. The molecule has 0 unspecified atom stereocenters. The highest BCUT2D eigenvalue weighted by Crippen LogP contribution is 2.43. The molecule has 6 heteroatoms. The maximum absolute atomic E-state index is 5.15. The summed E-state index contributed by atoms with van der Waals surface area (Å²) in [6.45, 7) is 0. The number of thiophene rings is 1. The zero-order chi connectivity index (χ0) is 30.9. The van der Waals surface area contributed by atoms with Crippen LogP contribution in [0.25, 0.3) is 87.3 Å². The highest BCUT2D eigenvalue weighted by atomic mass is 32.1. The Labute approximate surface area is 273 Å². The molecule has 0 spiro atoms. The number of nitrogens with zero attached hydrogens (tertiary/aromatic N) is 5. The van der Waals surface area contributed by atoms with Gasteiger partial charge in [0.25, 0.3) is 0 Å². The van der Waals surface area contributed by atoms with Crippen LogP contribution in [0.4, 0.5) is 0 Å². The van der Waals surface area contributed by atoms with Crippen LogP contribution in [-0.2, 0) is 0 Å². The van der Waals surface area contributed by atoms with Crippen LogP contribution in [0.5, 0.6) is 0 Å². The van der Waals surface area contributed by atoms with Gasteiger partial charge in [-0.2, -0.15) is 0 Å². The summed E-state index contributed by atoms with van der Waals surface area (Å²) in [5.74, 6) is 1.56. The molecule has 0 bridgehead atoms. The molecule has 10 rings (SSSR count). The summed E-state index contributed by atoms with van der Waals surface area (Å²) < 4.78 is 7.03. The maximum Gasteiger partial charge on any atom is 0.235 e. The first-order valence-electron chi connectivity index (χ1n) is 15.6. The van der Waals surface area contributed by atoms with Crippen molar-refractivity contribution in [3.05, 3.63) is 152 Å². The van der Waals surface area contributed by atoms with Crippen LogP contribution in [0.1, 0.15) is 0 Å². The molecular formula is C41H25N5S. The van der Waals surface area contributed by atoms with Crippen LogP contribution < -0.4 is 0 Å². The van der Waals surface area contributed by atoms with E-state index in [0.29, 0.717) is 5.95 Å². The van der Waals surface area contributed by atoms with E-state index < -0.39 is 0 Å². The summed E-state index contributed by atoms with van der Waals surface area (Å²) in [6.07, 6.45) is 1.86. The minimum Gasteiger partial charge on any atom is -0.292 e. The lowest BCUT2D eigenvalue weighted by Crippen LogP contribution is -2.01. The SMILES string of the molecule is c1ccc(-n2c(-c3ccc(-c4ccnc(-n5c6ccccc6c6c7sc8ccccc8c7ccc65)n4)cc3)nc3ccccc32)cc1. The van der Waals surface area contributed by atoms with Crippen molar-refractivity contribution in [1.82, 2.24) is 24.1 Å². The van der Waals surface area contributed by atoms with Gasteiger partial charge in [0, 0.05) is 54.0 Å². The number of imidazole rings is 1. The van der Waals surface area contributed by atoms with E-state index in [9.17, 15) is 0 Å². The molecule has 5 nitrogen and oxygen atoms in total. The van der Waals surface area contributed by atoms with E-state index in [2.05, 4.69) is 137 Å². The van der Waals surface area contributed by atoms with Crippen molar-refractivity contribution < 1.29 is 0 Å². The number of fused-ring (bicyclic) bond motifs is 8. The molecular weight excluding hydrogens is 595 g/mol. The molecule has 0 fully saturated rings. The van der Waals surface area contributed by atoms with Gasteiger partial charge < -0.3 is 0 Å². The first-order valence-corrected chi connectivity index (χ1v) is 16.4. The number of hydrogen-bond donors (Lipinski definition) is 0. The number of para-hydroxylation sites is 4. The Morgan fingerprint density at radius 2 is 1.21 bits per heavy atom. The first-order chi connectivity index (χ1) is 23.3.